The molecule has 0 aliphatic carbocycles. The van der Waals surface area contributed by atoms with Crippen molar-refractivity contribution in [3.63, 3.8) is 0 Å². The van der Waals surface area contributed by atoms with Crippen LogP contribution in [0, 0.1) is 0 Å². The van der Waals surface area contributed by atoms with Gasteiger partial charge in [-0.2, -0.15) is 0 Å². The first kappa shape index (κ1) is 20.5. The van der Waals surface area contributed by atoms with E-state index in [0.29, 0.717) is 22.6 Å². The Balaban J connectivity index is 2.21. The Bertz CT molecular complexity index is 788. The van der Waals surface area contributed by atoms with Crippen LogP contribution in [-0.2, 0) is 11.3 Å². The number of thioether (sulfide) groups is 1. The van der Waals surface area contributed by atoms with Gasteiger partial charge in [0.25, 0.3) is 5.56 Å². The van der Waals surface area contributed by atoms with Crippen LogP contribution in [0.5, 0.6) is 0 Å². The summed E-state index contributed by atoms with van der Waals surface area (Å²) in [4.78, 5) is 29.6. The van der Waals surface area contributed by atoms with Crippen LogP contribution in [0.2, 0.25) is 0 Å². The van der Waals surface area contributed by atoms with E-state index in [2.05, 4.69) is 17.2 Å². The molecule has 1 atom stereocenters. The highest BCUT2D eigenvalue weighted by atomic mass is 32.2. The summed E-state index contributed by atoms with van der Waals surface area (Å²) in [7, 11) is 0. The molecule has 0 fully saturated rings. The molecule has 0 radical (unpaired) electrons. The second-order valence-electron chi connectivity index (χ2n) is 6.59. The molecular formula is C20H29N3O2S. The summed E-state index contributed by atoms with van der Waals surface area (Å²) in [6.45, 7) is 6.84. The van der Waals surface area contributed by atoms with E-state index in [9.17, 15) is 9.59 Å². The SMILES string of the molecule is CCCCCCn1c(SCC(=O)NC(C)CC)nc2ccccc2c1=O. The Hall–Kier alpha value is -1.82. The zero-order chi connectivity index (χ0) is 18.9. The van der Waals surface area contributed by atoms with Gasteiger partial charge in [-0.1, -0.05) is 57.0 Å². The first-order chi connectivity index (χ1) is 12.6. The third kappa shape index (κ3) is 5.59. The molecule has 1 N–H and O–H groups in total. The molecule has 0 saturated carbocycles. The predicted octanol–water partition coefficient (Wildman–Crippen LogP) is 3.98. The van der Waals surface area contributed by atoms with Crippen molar-refractivity contribution < 1.29 is 4.79 Å². The number of benzene rings is 1. The molecule has 142 valence electrons. The maximum atomic E-state index is 12.9. The van der Waals surface area contributed by atoms with Gasteiger partial charge in [0.1, 0.15) is 0 Å². The minimum atomic E-state index is -0.0238. The number of fused-ring (bicyclic) bond motifs is 1. The molecule has 1 aromatic carbocycles. The molecule has 0 aliphatic heterocycles. The lowest BCUT2D eigenvalue weighted by Crippen LogP contribution is -2.33. The van der Waals surface area contributed by atoms with Crippen molar-refractivity contribution in [2.75, 3.05) is 5.75 Å². The number of nitrogens with zero attached hydrogens (tertiary/aromatic N) is 2. The van der Waals surface area contributed by atoms with Crippen molar-refractivity contribution in [2.24, 2.45) is 0 Å². The normalized spacial score (nSPS) is 12.3. The molecule has 0 aliphatic rings. The third-order valence-electron chi connectivity index (χ3n) is 4.41. The van der Waals surface area contributed by atoms with E-state index >= 15 is 0 Å². The number of aromatic nitrogens is 2. The fourth-order valence-corrected chi connectivity index (χ4v) is 3.54. The summed E-state index contributed by atoms with van der Waals surface area (Å²) in [5.41, 5.74) is 0.670. The molecule has 1 unspecified atom stereocenters. The van der Waals surface area contributed by atoms with Crippen LogP contribution in [0.4, 0.5) is 0 Å². The van der Waals surface area contributed by atoms with Gasteiger partial charge in [-0.15, -0.1) is 0 Å². The summed E-state index contributed by atoms with van der Waals surface area (Å²) in [5, 5.41) is 4.22. The molecule has 0 saturated heterocycles. The van der Waals surface area contributed by atoms with Gasteiger partial charge in [0.2, 0.25) is 5.91 Å². The standard InChI is InChI=1S/C20H29N3O2S/c1-4-6-7-10-13-23-19(25)16-11-8-9-12-17(16)22-20(23)26-14-18(24)21-15(3)5-2/h8-9,11-12,15H,4-7,10,13-14H2,1-3H3,(H,21,24). The first-order valence-corrected chi connectivity index (χ1v) is 10.5. The second kappa shape index (κ2) is 10.4. The number of hydrogen-bond donors (Lipinski definition) is 1. The number of amides is 1. The Kier molecular flexibility index (Phi) is 8.16. The average Bonchev–Trinajstić information content (AvgIpc) is 2.65. The highest BCUT2D eigenvalue weighted by Gasteiger charge is 2.13. The van der Waals surface area contributed by atoms with Gasteiger partial charge < -0.3 is 5.32 Å². The van der Waals surface area contributed by atoms with Crippen LogP contribution in [0.25, 0.3) is 10.9 Å². The topological polar surface area (TPSA) is 64.0 Å². The van der Waals surface area contributed by atoms with Gasteiger partial charge in [-0.25, -0.2) is 4.98 Å². The van der Waals surface area contributed by atoms with E-state index in [-0.39, 0.29) is 23.3 Å². The highest BCUT2D eigenvalue weighted by molar-refractivity contribution is 7.99. The predicted molar refractivity (Wildman–Crippen MR) is 109 cm³/mol. The van der Waals surface area contributed by atoms with E-state index in [1.807, 2.05) is 38.1 Å². The number of unbranched alkanes of at least 4 members (excludes halogenated alkanes) is 3. The molecule has 1 heterocycles. The summed E-state index contributed by atoms with van der Waals surface area (Å²) < 4.78 is 1.74. The lowest BCUT2D eigenvalue weighted by molar-refractivity contribution is -0.119. The number of para-hydroxylation sites is 1. The molecule has 1 amide bonds. The largest absolute Gasteiger partial charge is 0.353 e. The molecule has 1 aromatic heterocycles. The van der Waals surface area contributed by atoms with E-state index in [1.165, 1.54) is 11.8 Å². The van der Waals surface area contributed by atoms with Crippen molar-refractivity contribution in [1.82, 2.24) is 14.9 Å². The van der Waals surface area contributed by atoms with Crippen molar-refractivity contribution >= 4 is 28.6 Å². The minimum Gasteiger partial charge on any atom is -0.353 e. The monoisotopic (exact) mass is 375 g/mol. The quantitative estimate of drug-likeness (QED) is 0.387. The Morgan fingerprint density at radius 2 is 2.00 bits per heavy atom. The third-order valence-corrected chi connectivity index (χ3v) is 5.39. The van der Waals surface area contributed by atoms with Gasteiger partial charge in [0, 0.05) is 12.6 Å². The molecule has 26 heavy (non-hydrogen) atoms. The number of nitrogens with one attached hydrogen (secondary N) is 1. The van der Waals surface area contributed by atoms with Gasteiger partial charge in [-0.05, 0) is 31.9 Å². The Morgan fingerprint density at radius 1 is 1.23 bits per heavy atom. The van der Waals surface area contributed by atoms with Crippen LogP contribution in [0.1, 0.15) is 52.9 Å². The Morgan fingerprint density at radius 3 is 2.73 bits per heavy atom. The van der Waals surface area contributed by atoms with Crippen molar-refractivity contribution in [1.29, 1.82) is 0 Å². The van der Waals surface area contributed by atoms with E-state index in [1.54, 1.807) is 4.57 Å². The lowest BCUT2D eigenvalue weighted by Gasteiger charge is -2.14. The van der Waals surface area contributed by atoms with Gasteiger partial charge >= 0.3 is 0 Å². The molecular weight excluding hydrogens is 346 g/mol. The fraction of sp³-hybridized carbons (Fsp3) is 0.550. The minimum absolute atomic E-state index is 0.0167. The zero-order valence-corrected chi connectivity index (χ0v) is 16.8. The van der Waals surface area contributed by atoms with Crippen molar-refractivity contribution in [2.45, 2.75) is 70.6 Å². The van der Waals surface area contributed by atoms with Crippen LogP contribution in [-0.4, -0.2) is 27.3 Å². The average molecular weight is 376 g/mol. The van der Waals surface area contributed by atoms with Crippen molar-refractivity contribution in [3.05, 3.63) is 34.6 Å². The van der Waals surface area contributed by atoms with E-state index in [0.717, 1.165) is 32.1 Å². The van der Waals surface area contributed by atoms with E-state index < -0.39 is 0 Å². The first-order valence-electron chi connectivity index (χ1n) is 9.48. The van der Waals surface area contributed by atoms with Crippen LogP contribution in [0.3, 0.4) is 0 Å². The van der Waals surface area contributed by atoms with Crippen LogP contribution >= 0.6 is 11.8 Å². The fourth-order valence-electron chi connectivity index (χ4n) is 2.70. The molecule has 6 heteroatoms. The zero-order valence-electron chi connectivity index (χ0n) is 16.0. The maximum absolute atomic E-state index is 12.9. The van der Waals surface area contributed by atoms with Crippen LogP contribution < -0.4 is 10.9 Å². The van der Waals surface area contributed by atoms with Gasteiger partial charge in [-0.3, -0.25) is 14.2 Å². The molecule has 2 aromatic rings. The molecule has 0 bridgehead atoms. The number of rotatable bonds is 10. The molecule has 0 spiro atoms. The summed E-state index contributed by atoms with van der Waals surface area (Å²) >= 11 is 1.34. The second-order valence-corrected chi connectivity index (χ2v) is 7.54. The smallest absolute Gasteiger partial charge is 0.262 e. The lowest BCUT2D eigenvalue weighted by atomic mass is 10.2. The van der Waals surface area contributed by atoms with E-state index in [4.69, 9.17) is 0 Å². The summed E-state index contributed by atoms with van der Waals surface area (Å²) in [5.74, 6) is 0.244. The number of hydrogen-bond acceptors (Lipinski definition) is 4. The van der Waals surface area contributed by atoms with Crippen LogP contribution in [0.15, 0.2) is 34.2 Å². The van der Waals surface area contributed by atoms with Crippen molar-refractivity contribution in [3.8, 4) is 0 Å². The number of carbonyl (C=O) groups excluding carboxylic acids is 1. The molecule has 5 nitrogen and oxygen atoms in total. The van der Waals surface area contributed by atoms with Gasteiger partial charge in [0.15, 0.2) is 5.16 Å². The molecule has 2 rings (SSSR count). The summed E-state index contributed by atoms with van der Waals surface area (Å²) in [6.07, 6.45) is 5.25. The highest BCUT2D eigenvalue weighted by Crippen LogP contribution is 2.18. The summed E-state index contributed by atoms with van der Waals surface area (Å²) in [6, 6.07) is 7.56. The Labute approximate surface area is 159 Å². The number of carbonyl (C=O) groups is 1. The van der Waals surface area contributed by atoms with Gasteiger partial charge in [0.05, 0.1) is 16.7 Å². The maximum Gasteiger partial charge on any atom is 0.262 e.